The van der Waals surface area contributed by atoms with Crippen molar-refractivity contribution in [1.82, 2.24) is 5.32 Å². The molecule has 0 aliphatic rings. The molecule has 17 heavy (non-hydrogen) atoms. The van der Waals surface area contributed by atoms with Crippen LogP contribution in [0.1, 0.15) is 25.7 Å². The van der Waals surface area contributed by atoms with Crippen LogP contribution in [0.15, 0.2) is 0 Å². The van der Waals surface area contributed by atoms with Crippen molar-refractivity contribution in [2.75, 3.05) is 0 Å². The molecular weight excluding hydrogens is 232 g/mol. The normalized spacial score (nSPS) is 11.5. The number of carbonyl (C=O) groups excluding carboxylic acids is 2. The van der Waals surface area contributed by atoms with Crippen molar-refractivity contribution in [2.24, 2.45) is 5.73 Å². The predicted molar refractivity (Wildman–Crippen MR) is 54.9 cm³/mol. The standard InChI is InChI=1S/C9H14N2O6/c10-9(17)5(4-8(15)16)11-6(12)2-1-3-7(13)14/h5H,1-4H2,(H2,10,17)(H,11,12)(H,13,14)(H,15,16)/t5-/m0/s1. The van der Waals surface area contributed by atoms with E-state index in [2.05, 4.69) is 5.32 Å². The van der Waals surface area contributed by atoms with Crippen LogP contribution >= 0.6 is 0 Å². The molecule has 0 rings (SSSR count). The average Bonchev–Trinajstić information content (AvgIpc) is 2.15. The van der Waals surface area contributed by atoms with Crippen molar-refractivity contribution in [3.05, 3.63) is 0 Å². The molecule has 0 aliphatic carbocycles. The predicted octanol–water partition coefficient (Wildman–Crippen LogP) is -1.31. The summed E-state index contributed by atoms with van der Waals surface area (Å²) in [4.78, 5) is 42.6. The Balaban J connectivity index is 4.08. The summed E-state index contributed by atoms with van der Waals surface area (Å²) in [5.74, 6) is -3.84. The van der Waals surface area contributed by atoms with Crippen LogP contribution in [0.3, 0.4) is 0 Å². The van der Waals surface area contributed by atoms with Gasteiger partial charge < -0.3 is 21.3 Å². The molecule has 0 heterocycles. The van der Waals surface area contributed by atoms with Gasteiger partial charge in [-0.05, 0) is 6.42 Å². The van der Waals surface area contributed by atoms with Gasteiger partial charge in [-0.25, -0.2) is 0 Å². The van der Waals surface area contributed by atoms with Crippen molar-refractivity contribution in [3.63, 3.8) is 0 Å². The molecule has 0 aromatic carbocycles. The Morgan fingerprint density at radius 1 is 1.06 bits per heavy atom. The minimum atomic E-state index is -1.27. The first-order valence-corrected chi connectivity index (χ1v) is 4.85. The third kappa shape index (κ3) is 7.77. The van der Waals surface area contributed by atoms with Gasteiger partial charge in [0.25, 0.3) is 0 Å². The molecule has 8 heteroatoms. The molecule has 0 bridgehead atoms. The minimum absolute atomic E-state index is 0.101. The van der Waals surface area contributed by atoms with Gasteiger partial charge in [0.05, 0.1) is 6.42 Å². The number of aliphatic carboxylic acids is 2. The van der Waals surface area contributed by atoms with Crippen LogP contribution in [0.25, 0.3) is 0 Å². The fraction of sp³-hybridized carbons (Fsp3) is 0.556. The van der Waals surface area contributed by atoms with E-state index in [0.29, 0.717) is 0 Å². The van der Waals surface area contributed by atoms with Gasteiger partial charge in [0, 0.05) is 12.8 Å². The van der Waals surface area contributed by atoms with Crippen LogP contribution in [0.2, 0.25) is 0 Å². The van der Waals surface area contributed by atoms with Gasteiger partial charge in [-0.3, -0.25) is 19.2 Å². The molecule has 0 aromatic rings. The number of carboxylic acids is 2. The third-order valence-electron chi connectivity index (χ3n) is 1.85. The maximum absolute atomic E-state index is 11.2. The monoisotopic (exact) mass is 246 g/mol. The van der Waals surface area contributed by atoms with E-state index < -0.39 is 36.2 Å². The lowest BCUT2D eigenvalue weighted by Gasteiger charge is -2.12. The number of nitrogens with one attached hydrogen (secondary N) is 1. The number of hydrogen-bond acceptors (Lipinski definition) is 4. The average molecular weight is 246 g/mol. The summed E-state index contributed by atoms with van der Waals surface area (Å²) in [6.07, 6.45) is -0.761. The van der Waals surface area contributed by atoms with Crippen molar-refractivity contribution in [2.45, 2.75) is 31.7 Å². The highest BCUT2D eigenvalue weighted by Crippen LogP contribution is 1.98. The number of primary amides is 1. The first-order chi connectivity index (χ1) is 7.82. The Bertz CT molecular complexity index is 327. The molecule has 0 aromatic heterocycles. The van der Waals surface area contributed by atoms with Crippen LogP contribution in [0, 0.1) is 0 Å². The number of nitrogens with two attached hydrogens (primary N) is 1. The van der Waals surface area contributed by atoms with E-state index >= 15 is 0 Å². The Kier molecular flexibility index (Phi) is 6.30. The number of carbonyl (C=O) groups is 4. The molecule has 96 valence electrons. The Morgan fingerprint density at radius 2 is 1.65 bits per heavy atom. The maximum Gasteiger partial charge on any atom is 0.305 e. The summed E-state index contributed by atoms with van der Waals surface area (Å²) in [6, 6.07) is -1.27. The molecule has 0 spiro atoms. The fourth-order valence-corrected chi connectivity index (χ4v) is 1.06. The zero-order chi connectivity index (χ0) is 13.4. The van der Waals surface area contributed by atoms with Gasteiger partial charge in [0.2, 0.25) is 11.8 Å². The first-order valence-electron chi connectivity index (χ1n) is 4.85. The van der Waals surface area contributed by atoms with Crippen LogP contribution in [0.5, 0.6) is 0 Å². The number of carboxylic acid groups (broad SMARTS) is 2. The highest BCUT2D eigenvalue weighted by molar-refractivity contribution is 5.89. The van der Waals surface area contributed by atoms with Gasteiger partial charge in [0.1, 0.15) is 6.04 Å². The summed E-state index contributed by atoms with van der Waals surface area (Å²) in [5.41, 5.74) is 4.90. The van der Waals surface area contributed by atoms with E-state index in [0.717, 1.165) is 0 Å². The Hall–Kier alpha value is -2.12. The molecule has 0 radical (unpaired) electrons. The number of amides is 2. The third-order valence-corrected chi connectivity index (χ3v) is 1.85. The van der Waals surface area contributed by atoms with Crippen molar-refractivity contribution in [1.29, 1.82) is 0 Å². The van der Waals surface area contributed by atoms with Gasteiger partial charge in [-0.1, -0.05) is 0 Å². The van der Waals surface area contributed by atoms with Crippen LogP contribution < -0.4 is 11.1 Å². The highest BCUT2D eigenvalue weighted by Gasteiger charge is 2.20. The van der Waals surface area contributed by atoms with Crippen molar-refractivity contribution in [3.8, 4) is 0 Å². The topological polar surface area (TPSA) is 147 Å². The van der Waals surface area contributed by atoms with E-state index in [4.69, 9.17) is 15.9 Å². The van der Waals surface area contributed by atoms with Crippen LogP contribution in [0.4, 0.5) is 0 Å². The zero-order valence-corrected chi connectivity index (χ0v) is 9.01. The van der Waals surface area contributed by atoms with Gasteiger partial charge >= 0.3 is 11.9 Å². The summed E-state index contributed by atoms with van der Waals surface area (Å²) >= 11 is 0. The van der Waals surface area contributed by atoms with Gasteiger partial charge in [-0.15, -0.1) is 0 Å². The lowest BCUT2D eigenvalue weighted by Crippen LogP contribution is -2.45. The second-order valence-electron chi connectivity index (χ2n) is 3.37. The molecule has 1 atom stereocenters. The molecule has 0 unspecified atom stereocenters. The lowest BCUT2D eigenvalue weighted by atomic mass is 10.1. The van der Waals surface area contributed by atoms with Crippen molar-refractivity contribution < 1.29 is 29.4 Å². The van der Waals surface area contributed by atoms with Crippen molar-refractivity contribution >= 4 is 23.8 Å². The summed E-state index contributed by atoms with van der Waals surface area (Å²) in [6.45, 7) is 0. The van der Waals surface area contributed by atoms with Crippen LogP contribution in [-0.2, 0) is 19.2 Å². The number of hydrogen-bond donors (Lipinski definition) is 4. The second kappa shape index (κ2) is 7.20. The molecule has 5 N–H and O–H groups in total. The molecule has 8 nitrogen and oxygen atoms in total. The zero-order valence-electron chi connectivity index (χ0n) is 9.01. The van der Waals surface area contributed by atoms with Crippen LogP contribution in [-0.4, -0.2) is 40.0 Å². The Morgan fingerprint density at radius 3 is 2.06 bits per heavy atom. The fourth-order valence-electron chi connectivity index (χ4n) is 1.06. The quantitative estimate of drug-likeness (QED) is 0.418. The SMILES string of the molecule is NC(=O)[C@H](CC(=O)O)NC(=O)CCCC(=O)O. The molecular formula is C9H14N2O6. The summed E-state index contributed by atoms with van der Waals surface area (Å²) in [7, 11) is 0. The van der Waals surface area contributed by atoms with E-state index in [9.17, 15) is 19.2 Å². The molecule has 0 fully saturated rings. The smallest absolute Gasteiger partial charge is 0.305 e. The molecule has 0 saturated carbocycles. The maximum atomic E-state index is 11.2. The van der Waals surface area contributed by atoms with Gasteiger partial charge in [-0.2, -0.15) is 0 Å². The van der Waals surface area contributed by atoms with E-state index in [1.54, 1.807) is 0 Å². The summed E-state index contributed by atoms with van der Waals surface area (Å²) < 4.78 is 0. The van der Waals surface area contributed by atoms with E-state index in [1.165, 1.54) is 0 Å². The molecule has 0 saturated heterocycles. The minimum Gasteiger partial charge on any atom is -0.481 e. The molecule has 2 amide bonds. The lowest BCUT2D eigenvalue weighted by molar-refractivity contribution is -0.140. The second-order valence-corrected chi connectivity index (χ2v) is 3.37. The highest BCUT2D eigenvalue weighted by atomic mass is 16.4. The van der Waals surface area contributed by atoms with E-state index in [1.807, 2.05) is 0 Å². The van der Waals surface area contributed by atoms with E-state index in [-0.39, 0.29) is 19.3 Å². The summed E-state index contributed by atoms with van der Waals surface area (Å²) in [5, 5.41) is 18.9. The molecule has 0 aliphatic heterocycles. The first kappa shape index (κ1) is 14.9. The Labute approximate surface area is 96.8 Å². The largest absolute Gasteiger partial charge is 0.481 e. The van der Waals surface area contributed by atoms with Gasteiger partial charge in [0.15, 0.2) is 0 Å². The number of rotatable bonds is 8.